The smallest absolute Gasteiger partial charge is 0.370 e. The quantitative estimate of drug-likeness (QED) is 0.118. The molecule has 0 heterocycles. The molecule has 11 heteroatoms. The molecule has 0 radical (unpaired) electrons. The number of hydrogen-bond donors (Lipinski definition) is 7. The minimum Gasteiger partial charge on any atom is -0.370 e. The Morgan fingerprint density at radius 3 is 1.70 bits per heavy atom. The van der Waals surface area contributed by atoms with Gasteiger partial charge in [-0.3, -0.25) is 19.5 Å². The average molecular weight is 354 g/mol. The maximum Gasteiger partial charge on any atom is 0.394 e. The van der Waals surface area contributed by atoms with Crippen LogP contribution < -0.4 is 22.5 Å². The van der Waals surface area contributed by atoms with Crippen molar-refractivity contribution in [2.45, 2.75) is 51.4 Å². The van der Waals surface area contributed by atoms with E-state index in [4.69, 9.17) is 40.1 Å². The Morgan fingerprint density at radius 1 is 0.913 bits per heavy atom. The molecule has 0 aromatic heterocycles. The molecule has 0 rings (SSSR count). The third-order valence-corrected chi connectivity index (χ3v) is 2.69. The van der Waals surface area contributed by atoms with E-state index in [1.54, 1.807) is 0 Å². The Bertz CT molecular complexity index is 415. The molecule has 0 aliphatic heterocycles. The number of nitrogens with one attached hydrogen (secondary N) is 2. The minimum atomic E-state index is -4.67. The van der Waals surface area contributed by atoms with Crippen LogP contribution in [0.1, 0.15) is 51.4 Å². The fourth-order valence-corrected chi connectivity index (χ4v) is 1.73. The maximum atomic E-state index is 8.74. The van der Waals surface area contributed by atoms with Crippen molar-refractivity contribution in [2.75, 3.05) is 13.1 Å². The molecule has 0 aliphatic carbocycles. The van der Waals surface area contributed by atoms with E-state index in [0.29, 0.717) is 0 Å². The average Bonchev–Trinajstić information content (AvgIpc) is 2.37. The van der Waals surface area contributed by atoms with Crippen molar-refractivity contribution in [3.8, 4) is 0 Å². The number of nitrogens with zero attached hydrogens (tertiary/aromatic N) is 1. The second-order valence-electron chi connectivity index (χ2n) is 4.92. The molecular formula is C12H30N6O4S. The Kier molecular flexibility index (Phi) is 15.8. The number of unbranched alkanes of at least 4 members (excludes halogenated alkanes) is 7. The highest BCUT2D eigenvalue weighted by molar-refractivity contribution is 7.79. The van der Waals surface area contributed by atoms with Crippen LogP contribution in [0.25, 0.3) is 0 Å². The number of aliphatic imine (C=N–C) groups is 1. The summed E-state index contributed by atoms with van der Waals surface area (Å²) in [6, 6.07) is 0. The summed E-state index contributed by atoms with van der Waals surface area (Å²) < 4.78 is 31.6. The van der Waals surface area contributed by atoms with Crippen molar-refractivity contribution in [3.63, 3.8) is 0 Å². The summed E-state index contributed by atoms with van der Waals surface area (Å²) in [5, 5.41) is 9.80. The lowest BCUT2D eigenvalue weighted by Gasteiger charge is -2.03. The molecule has 0 spiro atoms. The van der Waals surface area contributed by atoms with Gasteiger partial charge in [-0.15, -0.1) is 0 Å². The highest BCUT2D eigenvalue weighted by Crippen LogP contribution is 2.08. The van der Waals surface area contributed by atoms with E-state index in [2.05, 4.69) is 10.3 Å². The van der Waals surface area contributed by atoms with E-state index in [-0.39, 0.29) is 11.9 Å². The summed E-state index contributed by atoms with van der Waals surface area (Å²) in [5.41, 5.74) is 15.6. The zero-order chi connectivity index (χ0) is 18.1. The first-order valence-corrected chi connectivity index (χ1v) is 8.85. The first kappa shape index (κ1) is 23.7. The monoisotopic (exact) mass is 354 g/mol. The second kappa shape index (κ2) is 15.3. The lowest BCUT2D eigenvalue weighted by Crippen LogP contribution is -2.30. The minimum absolute atomic E-state index is 0.0655. The van der Waals surface area contributed by atoms with Gasteiger partial charge in [-0.2, -0.15) is 8.42 Å². The summed E-state index contributed by atoms with van der Waals surface area (Å²) in [4.78, 5) is 3.94. The van der Waals surface area contributed by atoms with Gasteiger partial charge in [-0.1, -0.05) is 38.5 Å². The number of hydrogen-bond acceptors (Lipinski definition) is 4. The number of rotatable bonds is 11. The van der Waals surface area contributed by atoms with Gasteiger partial charge in [-0.05, 0) is 12.8 Å². The van der Waals surface area contributed by atoms with Gasteiger partial charge in [0.25, 0.3) is 0 Å². The fourth-order valence-electron chi connectivity index (χ4n) is 1.73. The van der Waals surface area contributed by atoms with Crippen LogP contribution in [0.4, 0.5) is 0 Å². The Morgan fingerprint density at radius 2 is 1.30 bits per heavy atom. The zero-order valence-electron chi connectivity index (χ0n) is 13.4. The Balaban J connectivity index is 0. The number of nitrogens with two attached hydrogens (primary N) is 3. The van der Waals surface area contributed by atoms with E-state index in [0.717, 1.165) is 25.9 Å². The van der Waals surface area contributed by atoms with E-state index in [9.17, 15) is 0 Å². The molecule has 0 amide bonds. The van der Waals surface area contributed by atoms with Crippen LogP contribution in [0, 0.1) is 5.41 Å². The molecule has 0 aromatic rings. The third kappa shape index (κ3) is 38.5. The van der Waals surface area contributed by atoms with Crippen LogP contribution in [0.5, 0.6) is 0 Å². The van der Waals surface area contributed by atoms with E-state index in [1.165, 1.54) is 38.5 Å². The lowest BCUT2D eigenvalue weighted by molar-refractivity contribution is 0.381. The molecule has 0 unspecified atom stereocenters. The van der Waals surface area contributed by atoms with Gasteiger partial charge in [0.2, 0.25) is 0 Å². The molecule has 0 aliphatic rings. The SMILES string of the molecule is N=C(N)NCCCCCCCCCCN=C(N)N.O=S(=O)(O)O. The van der Waals surface area contributed by atoms with Crippen LogP contribution in [-0.2, 0) is 10.4 Å². The maximum absolute atomic E-state index is 8.74. The molecule has 138 valence electrons. The summed E-state index contributed by atoms with van der Waals surface area (Å²) in [5.74, 6) is 0.255. The summed E-state index contributed by atoms with van der Waals surface area (Å²) in [6.45, 7) is 1.56. The van der Waals surface area contributed by atoms with Crippen LogP contribution in [0.2, 0.25) is 0 Å². The van der Waals surface area contributed by atoms with E-state index in [1.807, 2.05) is 0 Å². The van der Waals surface area contributed by atoms with Crippen LogP contribution in [0.3, 0.4) is 0 Å². The van der Waals surface area contributed by atoms with Crippen LogP contribution in [0.15, 0.2) is 4.99 Å². The summed E-state index contributed by atoms with van der Waals surface area (Å²) in [6.07, 6.45) is 9.63. The molecular weight excluding hydrogens is 324 g/mol. The predicted octanol–water partition coefficient (Wildman–Crippen LogP) is 0.211. The Labute approximate surface area is 138 Å². The highest BCUT2D eigenvalue weighted by atomic mass is 32.3. The van der Waals surface area contributed by atoms with E-state index >= 15 is 0 Å². The fraction of sp³-hybridized carbons (Fsp3) is 0.833. The predicted molar refractivity (Wildman–Crippen MR) is 91.7 cm³/mol. The Hall–Kier alpha value is -1.59. The van der Waals surface area contributed by atoms with E-state index < -0.39 is 10.4 Å². The standard InChI is InChI=1S/C12H28N6.H2O4S/c13-11(14)17-9-7-5-3-1-2-4-6-8-10-18-12(15)16;1-5(2,3)4/h1-10H2,(H4,13,14,17)(H4,15,16,18);(H2,1,2,3,4). The largest absolute Gasteiger partial charge is 0.394 e. The number of guanidine groups is 2. The van der Waals surface area contributed by atoms with Crippen molar-refractivity contribution in [1.29, 1.82) is 5.41 Å². The van der Waals surface area contributed by atoms with Gasteiger partial charge in [0.05, 0.1) is 0 Å². The molecule has 10 N–H and O–H groups in total. The first-order chi connectivity index (χ1) is 10.6. The van der Waals surface area contributed by atoms with Crippen molar-refractivity contribution in [1.82, 2.24) is 5.32 Å². The van der Waals surface area contributed by atoms with Gasteiger partial charge < -0.3 is 22.5 Å². The molecule has 0 fully saturated rings. The van der Waals surface area contributed by atoms with Crippen molar-refractivity contribution in [2.24, 2.45) is 22.2 Å². The first-order valence-electron chi connectivity index (χ1n) is 7.46. The summed E-state index contributed by atoms with van der Waals surface area (Å²) >= 11 is 0. The van der Waals surface area contributed by atoms with Gasteiger partial charge in [0.1, 0.15) is 0 Å². The van der Waals surface area contributed by atoms with Gasteiger partial charge in [-0.25, -0.2) is 0 Å². The van der Waals surface area contributed by atoms with Gasteiger partial charge in [0, 0.05) is 13.1 Å². The third-order valence-electron chi connectivity index (χ3n) is 2.69. The second-order valence-corrected chi connectivity index (χ2v) is 5.82. The van der Waals surface area contributed by atoms with Crippen molar-refractivity contribution in [3.05, 3.63) is 0 Å². The van der Waals surface area contributed by atoms with Gasteiger partial charge in [0.15, 0.2) is 11.9 Å². The van der Waals surface area contributed by atoms with Crippen molar-refractivity contribution >= 4 is 22.3 Å². The molecule has 0 saturated heterocycles. The molecule has 0 atom stereocenters. The molecule has 0 aromatic carbocycles. The van der Waals surface area contributed by atoms with Crippen molar-refractivity contribution < 1.29 is 17.5 Å². The van der Waals surface area contributed by atoms with Crippen LogP contribution >= 0.6 is 0 Å². The molecule has 23 heavy (non-hydrogen) atoms. The normalized spacial score (nSPS) is 10.3. The molecule has 0 saturated carbocycles. The van der Waals surface area contributed by atoms with Crippen LogP contribution in [-0.4, -0.2) is 42.5 Å². The molecule has 10 nitrogen and oxygen atoms in total. The zero-order valence-corrected chi connectivity index (χ0v) is 14.2. The topological polar surface area (TPSA) is 201 Å². The lowest BCUT2D eigenvalue weighted by atomic mass is 10.1. The molecule has 0 bridgehead atoms. The summed E-state index contributed by atoms with van der Waals surface area (Å²) in [7, 11) is -4.67. The van der Waals surface area contributed by atoms with Gasteiger partial charge >= 0.3 is 10.4 Å². The highest BCUT2D eigenvalue weighted by Gasteiger charge is 1.93.